The molecule has 0 radical (unpaired) electrons. The molecule has 98 valence electrons. The van der Waals surface area contributed by atoms with E-state index in [1.54, 1.807) is 12.1 Å². The molecular weight excluding hydrogens is 254 g/mol. The summed E-state index contributed by atoms with van der Waals surface area (Å²) < 4.78 is 5.39. The van der Waals surface area contributed by atoms with Crippen molar-refractivity contribution in [2.75, 3.05) is 31.2 Å². The number of benzene rings is 1. The van der Waals surface area contributed by atoms with E-state index in [1.165, 1.54) is 0 Å². The monoisotopic (exact) mass is 269 g/mol. The van der Waals surface area contributed by atoms with Crippen LogP contribution in [-0.4, -0.2) is 43.3 Å². The average molecular weight is 270 g/mol. The first kappa shape index (κ1) is 13.1. The maximum atomic E-state index is 9.11. The Morgan fingerprint density at radius 3 is 3.00 bits per heavy atom. The highest BCUT2D eigenvalue weighted by atomic mass is 35.5. The molecule has 0 spiro atoms. The second kappa shape index (κ2) is 5.56. The fraction of sp³-hybridized carbons (Fsp3) is 0.417. The Bertz CT molecular complexity index is 453. The van der Waals surface area contributed by atoms with Crippen LogP contribution in [0.2, 0.25) is 5.02 Å². The van der Waals surface area contributed by atoms with E-state index in [4.69, 9.17) is 32.6 Å². The minimum Gasteiger partial charge on any atom is -0.394 e. The number of nitrogens with one attached hydrogen (secondary N) is 1. The third kappa shape index (κ3) is 2.75. The van der Waals surface area contributed by atoms with Gasteiger partial charge in [0.25, 0.3) is 0 Å². The summed E-state index contributed by atoms with van der Waals surface area (Å²) in [5.41, 5.74) is 6.90. The van der Waals surface area contributed by atoms with E-state index < -0.39 is 0 Å². The predicted molar refractivity (Wildman–Crippen MR) is 71.5 cm³/mol. The van der Waals surface area contributed by atoms with Crippen molar-refractivity contribution in [2.45, 2.75) is 6.10 Å². The lowest BCUT2D eigenvalue weighted by Crippen LogP contribution is -2.44. The molecule has 4 N–H and O–H groups in total. The Morgan fingerprint density at radius 2 is 2.39 bits per heavy atom. The van der Waals surface area contributed by atoms with Crippen LogP contribution in [0.1, 0.15) is 5.56 Å². The van der Waals surface area contributed by atoms with Gasteiger partial charge in [-0.2, -0.15) is 0 Å². The van der Waals surface area contributed by atoms with Gasteiger partial charge in [-0.1, -0.05) is 11.6 Å². The van der Waals surface area contributed by atoms with E-state index in [9.17, 15) is 0 Å². The van der Waals surface area contributed by atoms with Gasteiger partial charge in [0.1, 0.15) is 5.84 Å². The highest BCUT2D eigenvalue weighted by molar-refractivity contribution is 6.33. The van der Waals surface area contributed by atoms with Crippen LogP contribution in [0.25, 0.3) is 0 Å². The summed E-state index contributed by atoms with van der Waals surface area (Å²) in [6.45, 7) is 1.90. The van der Waals surface area contributed by atoms with Gasteiger partial charge in [-0.15, -0.1) is 0 Å². The number of morpholine rings is 1. The Labute approximate surface area is 111 Å². The second-order valence-corrected chi connectivity index (χ2v) is 4.61. The van der Waals surface area contributed by atoms with E-state index >= 15 is 0 Å². The van der Waals surface area contributed by atoms with Crippen molar-refractivity contribution >= 4 is 23.1 Å². The van der Waals surface area contributed by atoms with Gasteiger partial charge in [-0.3, -0.25) is 5.41 Å². The van der Waals surface area contributed by atoms with E-state index in [-0.39, 0.29) is 18.5 Å². The lowest BCUT2D eigenvalue weighted by molar-refractivity contribution is 0.00357. The summed E-state index contributed by atoms with van der Waals surface area (Å²) in [5.74, 6) is -0.00124. The zero-order valence-electron chi connectivity index (χ0n) is 9.90. The van der Waals surface area contributed by atoms with E-state index in [0.29, 0.717) is 23.7 Å². The summed E-state index contributed by atoms with van der Waals surface area (Å²) in [4.78, 5) is 2.07. The lowest BCUT2D eigenvalue weighted by Gasteiger charge is -2.34. The average Bonchev–Trinajstić information content (AvgIpc) is 2.38. The first-order valence-electron chi connectivity index (χ1n) is 5.73. The first-order chi connectivity index (χ1) is 8.61. The van der Waals surface area contributed by atoms with Gasteiger partial charge in [0.15, 0.2) is 0 Å². The zero-order chi connectivity index (χ0) is 13.1. The van der Waals surface area contributed by atoms with Crippen molar-refractivity contribution < 1.29 is 9.84 Å². The molecular formula is C12H16ClN3O2. The van der Waals surface area contributed by atoms with E-state index in [2.05, 4.69) is 4.90 Å². The molecule has 1 atom stereocenters. The number of nitrogens with zero attached hydrogens (tertiary/aromatic N) is 1. The van der Waals surface area contributed by atoms with Crippen LogP contribution in [0, 0.1) is 5.41 Å². The SMILES string of the molecule is N=C(N)c1ccc(N2CCOC(CO)C2)c(Cl)c1. The highest BCUT2D eigenvalue weighted by Gasteiger charge is 2.21. The fourth-order valence-corrected chi connectivity index (χ4v) is 2.28. The standard InChI is InChI=1S/C12H16ClN3O2/c13-10-5-8(12(14)15)1-2-11(10)16-3-4-18-9(6-16)7-17/h1-2,5,9,17H,3-4,6-7H2,(H3,14,15). The fourth-order valence-electron chi connectivity index (χ4n) is 1.98. The smallest absolute Gasteiger partial charge is 0.122 e. The Kier molecular flexibility index (Phi) is 4.06. The van der Waals surface area contributed by atoms with Crippen LogP contribution in [0.15, 0.2) is 18.2 Å². The topological polar surface area (TPSA) is 82.6 Å². The van der Waals surface area contributed by atoms with Gasteiger partial charge in [-0.25, -0.2) is 0 Å². The number of amidine groups is 1. The van der Waals surface area contributed by atoms with E-state index in [1.807, 2.05) is 6.07 Å². The third-order valence-corrected chi connectivity index (χ3v) is 3.24. The maximum Gasteiger partial charge on any atom is 0.122 e. The highest BCUT2D eigenvalue weighted by Crippen LogP contribution is 2.28. The number of hydrogen-bond acceptors (Lipinski definition) is 4. The van der Waals surface area contributed by atoms with Gasteiger partial charge < -0.3 is 20.5 Å². The number of rotatable bonds is 3. The summed E-state index contributed by atoms with van der Waals surface area (Å²) in [6.07, 6.45) is -0.178. The molecule has 1 unspecified atom stereocenters. The second-order valence-electron chi connectivity index (χ2n) is 4.20. The van der Waals surface area contributed by atoms with Crippen LogP contribution in [0.5, 0.6) is 0 Å². The zero-order valence-corrected chi connectivity index (χ0v) is 10.7. The number of halogens is 1. The van der Waals surface area contributed by atoms with Crippen LogP contribution in [0.4, 0.5) is 5.69 Å². The third-order valence-electron chi connectivity index (χ3n) is 2.94. The summed E-state index contributed by atoms with van der Waals surface area (Å²) in [6, 6.07) is 5.30. The molecule has 2 rings (SSSR count). The maximum absolute atomic E-state index is 9.11. The number of nitrogens with two attached hydrogens (primary N) is 1. The Hall–Kier alpha value is -1.30. The van der Waals surface area contributed by atoms with Crippen molar-refractivity contribution in [1.82, 2.24) is 0 Å². The van der Waals surface area contributed by atoms with Crippen LogP contribution in [0.3, 0.4) is 0 Å². The molecule has 1 fully saturated rings. The Balaban J connectivity index is 2.20. The molecule has 1 aromatic rings. The minimum absolute atomic E-state index is 0.000349. The first-order valence-corrected chi connectivity index (χ1v) is 6.11. The number of nitrogen functional groups attached to an aromatic ring is 1. The molecule has 1 saturated heterocycles. The molecule has 5 nitrogen and oxygen atoms in total. The molecule has 1 aromatic carbocycles. The molecule has 1 aliphatic rings. The molecule has 0 amide bonds. The van der Waals surface area contributed by atoms with Crippen molar-refractivity contribution in [3.8, 4) is 0 Å². The molecule has 6 heteroatoms. The van der Waals surface area contributed by atoms with Crippen LogP contribution < -0.4 is 10.6 Å². The number of anilines is 1. The number of ether oxygens (including phenoxy) is 1. The molecule has 18 heavy (non-hydrogen) atoms. The van der Waals surface area contributed by atoms with Gasteiger partial charge in [0.2, 0.25) is 0 Å². The van der Waals surface area contributed by atoms with Crippen molar-refractivity contribution in [2.24, 2.45) is 5.73 Å². The molecule has 0 aromatic heterocycles. The van der Waals surface area contributed by atoms with E-state index in [0.717, 1.165) is 12.2 Å². The quantitative estimate of drug-likeness (QED) is 0.560. The van der Waals surface area contributed by atoms with Crippen molar-refractivity contribution in [3.63, 3.8) is 0 Å². The molecule has 0 saturated carbocycles. The van der Waals surface area contributed by atoms with Gasteiger partial charge >= 0.3 is 0 Å². The van der Waals surface area contributed by atoms with Crippen LogP contribution in [-0.2, 0) is 4.74 Å². The van der Waals surface area contributed by atoms with Crippen LogP contribution >= 0.6 is 11.6 Å². The molecule has 1 heterocycles. The molecule has 0 bridgehead atoms. The number of hydrogen-bond donors (Lipinski definition) is 3. The largest absolute Gasteiger partial charge is 0.394 e. The van der Waals surface area contributed by atoms with Gasteiger partial charge in [0, 0.05) is 18.7 Å². The predicted octanol–water partition coefficient (Wildman–Crippen LogP) is 0.822. The van der Waals surface area contributed by atoms with Crippen molar-refractivity contribution in [1.29, 1.82) is 5.41 Å². The van der Waals surface area contributed by atoms with Crippen molar-refractivity contribution in [3.05, 3.63) is 28.8 Å². The summed E-state index contributed by atoms with van der Waals surface area (Å²) >= 11 is 6.20. The van der Waals surface area contributed by atoms with Gasteiger partial charge in [-0.05, 0) is 18.2 Å². The normalized spacial score (nSPS) is 19.9. The summed E-state index contributed by atoms with van der Waals surface area (Å²) in [7, 11) is 0. The number of aliphatic hydroxyl groups is 1. The Morgan fingerprint density at radius 1 is 1.61 bits per heavy atom. The lowest BCUT2D eigenvalue weighted by atomic mass is 10.1. The number of aliphatic hydroxyl groups excluding tert-OH is 1. The minimum atomic E-state index is -0.178. The van der Waals surface area contributed by atoms with Gasteiger partial charge in [0.05, 0.1) is 30.0 Å². The molecule has 1 aliphatic heterocycles. The summed E-state index contributed by atoms with van der Waals surface area (Å²) in [5, 5.41) is 17.0. The molecule has 0 aliphatic carbocycles.